The summed E-state index contributed by atoms with van der Waals surface area (Å²) in [7, 11) is 0. The number of hydrogen-bond donors (Lipinski definition) is 0. The third kappa shape index (κ3) is 2.67. The van der Waals surface area contributed by atoms with Crippen molar-refractivity contribution in [3.8, 4) is 11.3 Å². The molecule has 3 heteroatoms. The predicted molar refractivity (Wildman–Crippen MR) is 81.1 cm³/mol. The van der Waals surface area contributed by atoms with Crippen LogP contribution in [0.1, 0.15) is 43.6 Å². The summed E-state index contributed by atoms with van der Waals surface area (Å²) in [6.45, 7) is 0. The smallest absolute Gasteiger partial charge is 0.159 e. The Labute approximate surface area is 120 Å². The van der Waals surface area contributed by atoms with Gasteiger partial charge in [-0.3, -0.25) is 0 Å². The van der Waals surface area contributed by atoms with Crippen LogP contribution in [0.5, 0.6) is 0 Å². The van der Waals surface area contributed by atoms with E-state index in [0.717, 1.165) is 15.5 Å². The maximum Gasteiger partial charge on any atom is 0.159 e. The summed E-state index contributed by atoms with van der Waals surface area (Å²) in [5.41, 5.74) is 3.80. The summed E-state index contributed by atoms with van der Waals surface area (Å²) in [4.78, 5) is 4.46. The summed E-state index contributed by atoms with van der Waals surface area (Å²) in [5.74, 6) is 0.787. The first-order valence-corrected chi connectivity index (χ1v) is 8.21. The molecule has 1 saturated carbocycles. The fourth-order valence-electron chi connectivity index (χ4n) is 2.75. The van der Waals surface area contributed by atoms with Crippen molar-refractivity contribution < 1.29 is 0 Å². The van der Waals surface area contributed by atoms with E-state index in [1.54, 1.807) is 11.3 Å². The van der Waals surface area contributed by atoms with Gasteiger partial charge in [0, 0.05) is 10.9 Å². The summed E-state index contributed by atoms with van der Waals surface area (Å²) >= 11 is 5.05. The normalized spacial score (nSPS) is 16.9. The van der Waals surface area contributed by atoms with E-state index in [-0.39, 0.29) is 0 Å². The van der Waals surface area contributed by atoms with E-state index in [4.69, 9.17) is 0 Å². The number of hydrogen-bond acceptors (Lipinski definition) is 2. The van der Waals surface area contributed by atoms with Crippen molar-refractivity contribution in [2.45, 2.75) is 38.0 Å². The zero-order valence-corrected chi connectivity index (χ0v) is 12.6. The van der Waals surface area contributed by atoms with E-state index in [9.17, 15) is 0 Å². The van der Waals surface area contributed by atoms with Crippen molar-refractivity contribution in [3.05, 3.63) is 39.1 Å². The number of aromatic nitrogens is 1. The maximum absolute atomic E-state index is 4.46. The largest absolute Gasteiger partial charge is 0.229 e. The summed E-state index contributed by atoms with van der Waals surface area (Å²) in [6.07, 6.45) is 6.93. The van der Waals surface area contributed by atoms with Crippen LogP contribution in [0.25, 0.3) is 11.3 Å². The van der Waals surface area contributed by atoms with Crippen molar-refractivity contribution in [2.75, 3.05) is 0 Å². The first-order chi connectivity index (χ1) is 8.83. The first kappa shape index (κ1) is 12.4. The molecule has 0 radical (unpaired) electrons. The zero-order valence-electron chi connectivity index (χ0n) is 10.2. The molecular formula is C15H16BrNS. The monoisotopic (exact) mass is 321 g/mol. The number of halogens is 1. The molecule has 0 N–H and O–H groups in total. The molecule has 0 saturated heterocycles. The Bertz CT molecular complexity index is 512. The topological polar surface area (TPSA) is 12.9 Å². The standard InChI is InChI=1S/C15H16BrNS/c16-15-17-14(10-18-15)13-8-6-12(7-9-13)11-4-2-1-3-5-11/h6-11H,1-5H2. The predicted octanol–water partition coefficient (Wildman–Crippen LogP) is 5.62. The molecule has 18 heavy (non-hydrogen) atoms. The number of thiazole rings is 1. The Hall–Kier alpha value is -0.670. The number of nitrogens with zero attached hydrogens (tertiary/aromatic N) is 1. The molecule has 0 atom stereocenters. The summed E-state index contributed by atoms with van der Waals surface area (Å²) < 4.78 is 0.953. The van der Waals surface area contributed by atoms with E-state index in [0.29, 0.717) is 0 Å². The lowest BCUT2D eigenvalue weighted by atomic mass is 9.84. The lowest BCUT2D eigenvalue weighted by Crippen LogP contribution is -2.04. The van der Waals surface area contributed by atoms with Crippen LogP contribution < -0.4 is 0 Å². The second-order valence-electron chi connectivity index (χ2n) is 4.94. The van der Waals surface area contributed by atoms with E-state index in [1.807, 2.05) is 0 Å². The molecular weight excluding hydrogens is 306 g/mol. The molecule has 0 bridgehead atoms. The minimum Gasteiger partial charge on any atom is -0.229 e. The minimum absolute atomic E-state index is 0.787. The van der Waals surface area contributed by atoms with Gasteiger partial charge in [-0.25, -0.2) is 4.98 Å². The molecule has 1 nitrogen and oxygen atoms in total. The van der Waals surface area contributed by atoms with Crippen LogP contribution >= 0.6 is 27.3 Å². The van der Waals surface area contributed by atoms with Crippen LogP contribution in [-0.4, -0.2) is 4.98 Å². The van der Waals surface area contributed by atoms with Gasteiger partial charge >= 0.3 is 0 Å². The molecule has 0 aliphatic heterocycles. The molecule has 1 aromatic carbocycles. The second-order valence-corrected chi connectivity index (χ2v) is 7.08. The highest BCUT2D eigenvalue weighted by Gasteiger charge is 2.15. The van der Waals surface area contributed by atoms with Crippen LogP contribution in [0.3, 0.4) is 0 Å². The van der Waals surface area contributed by atoms with Crippen LogP contribution in [0.15, 0.2) is 33.6 Å². The van der Waals surface area contributed by atoms with Crippen molar-refractivity contribution in [1.29, 1.82) is 0 Å². The third-order valence-corrected chi connectivity index (χ3v) is 5.12. The quantitative estimate of drug-likeness (QED) is 0.699. The van der Waals surface area contributed by atoms with Gasteiger partial charge in [0.1, 0.15) is 0 Å². The molecule has 1 heterocycles. The first-order valence-electron chi connectivity index (χ1n) is 6.54. The lowest BCUT2D eigenvalue weighted by Gasteiger charge is -2.22. The van der Waals surface area contributed by atoms with Crippen LogP contribution in [0, 0.1) is 0 Å². The molecule has 1 aromatic heterocycles. The van der Waals surface area contributed by atoms with Crippen LogP contribution in [0.2, 0.25) is 0 Å². The molecule has 94 valence electrons. The average Bonchev–Trinajstić information content (AvgIpc) is 2.87. The van der Waals surface area contributed by atoms with E-state index in [1.165, 1.54) is 43.2 Å². The molecule has 0 unspecified atom stereocenters. The Morgan fingerprint density at radius 3 is 2.39 bits per heavy atom. The van der Waals surface area contributed by atoms with Gasteiger partial charge in [0.05, 0.1) is 5.69 Å². The fourth-order valence-corrected chi connectivity index (χ4v) is 3.77. The van der Waals surface area contributed by atoms with Gasteiger partial charge in [0.15, 0.2) is 3.92 Å². The highest BCUT2D eigenvalue weighted by atomic mass is 79.9. The highest BCUT2D eigenvalue weighted by molar-refractivity contribution is 9.11. The minimum atomic E-state index is 0.787. The van der Waals surface area contributed by atoms with Gasteiger partial charge in [-0.05, 0) is 40.3 Å². The molecule has 1 aliphatic carbocycles. The number of rotatable bonds is 2. The Kier molecular flexibility index (Phi) is 3.80. The number of benzene rings is 1. The zero-order chi connectivity index (χ0) is 12.4. The SMILES string of the molecule is Brc1nc(-c2ccc(C3CCCCC3)cc2)cs1. The summed E-state index contributed by atoms with van der Waals surface area (Å²) in [6, 6.07) is 9.01. The van der Waals surface area contributed by atoms with Crippen LogP contribution in [0.4, 0.5) is 0 Å². The Morgan fingerprint density at radius 2 is 1.78 bits per heavy atom. The second kappa shape index (κ2) is 5.54. The van der Waals surface area contributed by atoms with Crippen LogP contribution in [-0.2, 0) is 0 Å². The highest BCUT2D eigenvalue weighted by Crippen LogP contribution is 2.33. The molecule has 3 rings (SSSR count). The van der Waals surface area contributed by atoms with E-state index < -0.39 is 0 Å². The third-order valence-electron chi connectivity index (χ3n) is 3.76. The van der Waals surface area contributed by atoms with Crippen molar-refractivity contribution in [2.24, 2.45) is 0 Å². The van der Waals surface area contributed by atoms with Crippen molar-refractivity contribution >= 4 is 27.3 Å². The lowest BCUT2D eigenvalue weighted by molar-refractivity contribution is 0.443. The van der Waals surface area contributed by atoms with Gasteiger partial charge < -0.3 is 0 Å². The molecule has 2 aromatic rings. The molecule has 0 amide bonds. The molecule has 1 aliphatic rings. The maximum atomic E-state index is 4.46. The fraction of sp³-hybridized carbons (Fsp3) is 0.400. The Morgan fingerprint density at radius 1 is 1.06 bits per heavy atom. The van der Waals surface area contributed by atoms with Crippen molar-refractivity contribution in [1.82, 2.24) is 4.98 Å². The van der Waals surface area contributed by atoms with E-state index >= 15 is 0 Å². The molecule has 1 fully saturated rings. The summed E-state index contributed by atoms with van der Waals surface area (Å²) in [5, 5.41) is 2.10. The Balaban J connectivity index is 1.80. The van der Waals surface area contributed by atoms with Gasteiger partial charge in [-0.15, -0.1) is 11.3 Å². The van der Waals surface area contributed by atoms with Gasteiger partial charge in [-0.1, -0.05) is 43.5 Å². The average molecular weight is 322 g/mol. The van der Waals surface area contributed by atoms with Gasteiger partial charge in [-0.2, -0.15) is 0 Å². The van der Waals surface area contributed by atoms with Gasteiger partial charge in [0.25, 0.3) is 0 Å². The van der Waals surface area contributed by atoms with Crippen molar-refractivity contribution in [3.63, 3.8) is 0 Å². The molecule has 0 spiro atoms. The van der Waals surface area contributed by atoms with Gasteiger partial charge in [0.2, 0.25) is 0 Å². The van der Waals surface area contributed by atoms with E-state index in [2.05, 4.69) is 50.6 Å².